The van der Waals surface area contributed by atoms with E-state index in [1.54, 1.807) is 0 Å². The molecule has 28 heavy (non-hydrogen) atoms. The molecule has 0 bridgehead atoms. The average Bonchev–Trinajstić information content (AvgIpc) is 2.92. The summed E-state index contributed by atoms with van der Waals surface area (Å²) in [5, 5.41) is 11.5. The standard InChI is InChI=1S/C24H38O4/c1-16(25)28-15-20(26)24(27)14-9-19-17-7-12-21(2)10-5-6-11-22(21,3)18(17)8-13-23(19,24)4/h17-19,27H,5-15H2,1-4H3/t17-,18+,19+,21+,22+,23-,24-/m0/s1. The third-order valence-electron chi connectivity index (χ3n) is 10.4. The summed E-state index contributed by atoms with van der Waals surface area (Å²) >= 11 is 0. The molecule has 4 heteroatoms. The third kappa shape index (κ3) is 2.58. The predicted molar refractivity (Wildman–Crippen MR) is 108 cm³/mol. The molecule has 4 saturated carbocycles. The fourth-order valence-electron chi connectivity index (χ4n) is 8.37. The molecule has 0 heterocycles. The highest BCUT2D eigenvalue weighted by atomic mass is 16.5. The Labute approximate surface area is 169 Å². The van der Waals surface area contributed by atoms with Gasteiger partial charge in [0, 0.05) is 12.3 Å². The Morgan fingerprint density at radius 2 is 1.54 bits per heavy atom. The molecular formula is C24H38O4. The average molecular weight is 391 g/mol. The predicted octanol–water partition coefficient (Wildman–Crippen LogP) is 4.67. The van der Waals surface area contributed by atoms with Gasteiger partial charge in [-0.3, -0.25) is 9.59 Å². The molecular weight excluding hydrogens is 352 g/mol. The number of rotatable bonds is 3. The van der Waals surface area contributed by atoms with Crippen LogP contribution in [-0.2, 0) is 14.3 Å². The molecule has 0 radical (unpaired) electrons. The van der Waals surface area contributed by atoms with Crippen LogP contribution in [0.25, 0.3) is 0 Å². The molecule has 0 saturated heterocycles. The molecule has 4 nitrogen and oxygen atoms in total. The lowest BCUT2D eigenvalue weighted by Crippen LogP contribution is -2.60. The molecule has 0 unspecified atom stereocenters. The van der Waals surface area contributed by atoms with Crippen molar-refractivity contribution in [3.05, 3.63) is 0 Å². The molecule has 0 aromatic carbocycles. The Hall–Kier alpha value is -0.900. The van der Waals surface area contributed by atoms with E-state index < -0.39 is 11.6 Å². The molecule has 4 rings (SSSR count). The lowest BCUT2D eigenvalue weighted by Gasteiger charge is -2.65. The minimum Gasteiger partial charge on any atom is -0.458 e. The fourth-order valence-corrected chi connectivity index (χ4v) is 8.37. The summed E-state index contributed by atoms with van der Waals surface area (Å²) in [6, 6.07) is 0. The van der Waals surface area contributed by atoms with Crippen LogP contribution >= 0.6 is 0 Å². The van der Waals surface area contributed by atoms with E-state index in [4.69, 9.17) is 4.74 Å². The number of ether oxygens (including phenoxy) is 1. The van der Waals surface area contributed by atoms with Gasteiger partial charge in [0.25, 0.3) is 0 Å². The van der Waals surface area contributed by atoms with Crippen LogP contribution in [0.2, 0.25) is 0 Å². The van der Waals surface area contributed by atoms with Gasteiger partial charge < -0.3 is 9.84 Å². The Morgan fingerprint density at radius 1 is 0.893 bits per heavy atom. The zero-order valence-electron chi connectivity index (χ0n) is 18.2. The Bertz CT molecular complexity index is 674. The number of aliphatic hydroxyl groups is 1. The van der Waals surface area contributed by atoms with E-state index >= 15 is 0 Å². The molecule has 0 amide bonds. The van der Waals surface area contributed by atoms with E-state index in [1.807, 2.05) is 0 Å². The summed E-state index contributed by atoms with van der Waals surface area (Å²) in [5.41, 5.74) is -0.866. The van der Waals surface area contributed by atoms with Crippen LogP contribution in [0.3, 0.4) is 0 Å². The van der Waals surface area contributed by atoms with Crippen LogP contribution in [0, 0.1) is 34.0 Å². The number of hydrogen-bond donors (Lipinski definition) is 1. The largest absolute Gasteiger partial charge is 0.458 e. The van der Waals surface area contributed by atoms with E-state index in [-0.39, 0.29) is 17.8 Å². The Kier molecular flexibility index (Phi) is 4.77. The fraction of sp³-hybridized carbons (Fsp3) is 0.917. The molecule has 4 aliphatic rings. The maximum atomic E-state index is 12.9. The van der Waals surface area contributed by atoms with Crippen LogP contribution in [0.1, 0.15) is 91.9 Å². The first-order valence-corrected chi connectivity index (χ1v) is 11.5. The van der Waals surface area contributed by atoms with Crippen LogP contribution in [-0.4, -0.2) is 29.1 Å². The highest BCUT2D eigenvalue weighted by Crippen LogP contribution is 2.71. The summed E-state index contributed by atoms with van der Waals surface area (Å²) < 4.78 is 4.96. The van der Waals surface area contributed by atoms with Crippen LogP contribution < -0.4 is 0 Å². The molecule has 4 fully saturated rings. The monoisotopic (exact) mass is 390 g/mol. The zero-order valence-corrected chi connectivity index (χ0v) is 18.2. The smallest absolute Gasteiger partial charge is 0.303 e. The van der Waals surface area contributed by atoms with Gasteiger partial charge in [0.05, 0.1) is 0 Å². The first kappa shape index (κ1) is 20.4. The van der Waals surface area contributed by atoms with E-state index in [0.717, 1.165) is 25.2 Å². The van der Waals surface area contributed by atoms with Crippen molar-refractivity contribution in [1.29, 1.82) is 0 Å². The van der Waals surface area contributed by atoms with Crippen molar-refractivity contribution < 1.29 is 19.4 Å². The van der Waals surface area contributed by atoms with E-state index in [9.17, 15) is 14.7 Å². The second-order valence-electron chi connectivity index (χ2n) is 11.2. The highest BCUT2D eigenvalue weighted by Gasteiger charge is 2.67. The molecule has 0 spiro atoms. The molecule has 0 aromatic heterocycles. The van der Waals surface area contributed by atoms with Gasteiger partial charge in [-0.2, -0.15) is 0 Å². The van der Waals surface area contributed by atoms with Crippen molar-refractivity contribution in [2.75, 3.05) is 6.61 Å². The SMILES string of the molecule is CC(=O)OCC(=O)[C@@]1(O)CC[C@@H]2[C@H]3CC[C@@]4(C)CCCC[C@]4(C)[C@@H]3CC[C@@]21C. The Morgan fingerprint density at radius 3 is 2.25 bits per heavy atom. The minimum atomic E-state index is -1.34. The first-order valence-electron chi connectivity index (χ1n) is 11.5. The van der Waals surface area contributed by atoms with Gasteiger partial charge >= 0.3 is 5.97 Å². The second-order valence-corrected chi connectivity index (χ2v) is 11.2. The number of fused-ring (bicyclic) bond motifs is 5. The van der Waals surface area contributed by atoms with E-state index in [2.05, 4.69) is 20.8 Å². The van der Waals surface area contributed by atoms with Gasteiger partial charge in [-0.05, 0) is 80.0 Å². The lowest BCUT2D eigenvalue weighted by molar-refractivity contribution is -0.184. The van der Waals surface area contributed by atoms with E-state index in [0.29, 0.717) is 29.1 Å². The first-order chi connectivity index (χ1) is 13.1. The molecule has 1 N–H and O–H groups in total. The highest BCUT2D eigenvalue weighted by molar-refractivity contribution is 5.90. The van der Waals surface area contributed by atoms with Crippen molar-refractivity contribution in [2.24, 2.45) is 34.0 Å². The van der Waals surface area contributed by atoms with Crippen molar-refractivity contribution in [1.82, 2.24) is 0 Å². The van der Waals surface area contributed by atoms with Crippen LogP contribution in [0.4, 0.5) is 0 Å². The molecule has 0 aromatic rings. The van der Waals surface area contributed by atoms with Crippen molar-refractivity contribution in [2.45, 2.75) is 97.5 Å². The summed E-state index contributed by atoms with van der Waals surface area (Å²) in [6.45, 7) is 8.25. The van der Waals surface area contributed by atoms with E-state index in [1.165, 1.54) is 45.4 Å². The lowest BCUT2D eigenvalue weighted by atomic mass is 9.40. The molecule has 158 valence electrons. The van der Waals surface area contributed by atoms with Crippen LogP contribution in [0.5, 0.6) is 0 Å². The molecule has 0 aliphatic heterocycles. The maximum Gasteiger partial charge on any atom is 0.303 e. The number of hydrogen-bond acceptors (Lipinski definition) is 4. The van der Waals surface area contributed by atoms with Gasteiger partial charge in [-0.15, -0.1) is 0 Å². The van der Waals surface area contributed by atoms with Gasteiger partial charge in [-0.25, -0.2) is 0 Å². The van der Waals surface area contributed by atoms with Crippen molar-refractivity contribution in [3.63, 3.8) is 0 Å². The number of Topliss-reactive ketones (excluding diaryl/α,β-unsaturated/α-hetero) is 1. The summed E-state index contributed by atoms with van der Waals surface area (Å²) in [6.07, 6.45) is 11.4. The van der Waals surface area contributed by atoms with Gasteiger partial charge in [0.2, 0.25) is 5.78 Å². The molecule has 4 aliphatic carbocycles. The summed E-state index contributed by atoms with van der Waals surface area (Å²) in [4.78, 5) is 24.1. The second kappa shape index (κ2) is 6.55. The van der Waals surface area contributed by atoms with Gasteiger partial charge in [0.1, 0.15) is 5.60 Å². The maximum absolute atomic E-state index is 12.9. The van der Waals surface area contributed by atoms with Crippen molar-refractivity contribution in [3.8, 4) is 0 Å². The number of ketones is 1. The zero-order chi connectivity index (χ0) is 20.4. The number of esters is 1. The minimum absolute atomic E-state index is 0.294. The topological polar surface area (TPSA) is 63.6 Å². The van der Waals surface area contributed by atoms with Crippen molar-refractivity contribution >= 4 is 11.8 Å². The summed E-state index contributed by atoms with van der Waals surface area (Å²) in [7, 11) is 0. The Balaban J connectivity index is 1.60. The number of carbonyl (C=O) groups excluding carboxylic acids is 2. The summed E-state index contributed by atoms with van der Waals surface area (Å²) in [5.74, 6) is 0.981. The normalized spacial score (nSPS) is 50.2. The number of carbonyl (C=O) groups is 2. The van der Waals surface area contributed by atoms with Gasteiger partial charge in [-0.1, -0.05) is 33.6 Å². The quantitative estimate of drug-likeness (QED) is 0.711. The third-order valence-corrected chi connectivity index (χ3v) is 10.4. The van der Waals surface area contributed by atoms with Crippen LogP contribution in [0.15, 0.2) is 0 Å². The van der Waals surface area contributed by atoms with Gasteiger partial charge in [0.15, 0.2) is 6.61 Å². The molecule has 7 atom stereocenters.